The maximum Gasteiger partial charge on any atom is 0.573 e. The van der Waals surface area contributed by atoms with Crippen LogP contribution in [0.3, 0.4) is 0 Å². The summed E-state index contributed by atoms with van der Waals surface area (Å²) in [6.45, 7) is 14.1. The SMILES string of the molecule is C=C(CC)/C(=C\C(=C/C)c1cn(C2C3CC(N4CCN(C)CC4)CC32)c(CCCC)n1)OC(F)(F)F. The van der Waals surface area contributed by atoms with Gasteiger partial charge in [-0.1, -0.05) is 32.9 Å². The molecular formula is C28H41F3N4O. The van der Waals surface area contributed by atoms with Crippen molar-refractivity contribution in [3.8, 4) is 0 Å². The highest BCUT2D eigenvalue weighted by atomic mass is 19.4. The number of likely N-dealkylation sites (N-methyl/N-ethyl adjacent to an activating group) is 1. The monoisotopic (exact) mass is 506 g/mol. The zero-order valence-corrected chi connectivity index (χ0v) is 22.2. The summed E-state index contributed by atoms with van der Waals surface area (Å²) in [4.78, 5) is 10.00. The van der Waals surface area contributed by atoms with Crippen molar-refractivity contribution in [3.63, 3.8) is 0 Å². The Hall–Kier alpha value is -2.06. The fourth-order valence-corrected chi connectivity index (χ4v) is 5.97. The first-order valence-corrected chi connectivity index (χ1v) is 13.5. The van der Waals surface area contributed by atoms with Gasteiger partial charge in [0.25, 0.3) is 0 Å². The minimum Gasteiger partial charge on any atom is -0.406 e. The molecule has 2 unspecified atom stereocenters. The van der Waals surface area contributed by atoms with E-state index in [1.807, 2.05) is 6.92 Å². The smallest absolute Gasteiger partial charge is 0.406 e. The van der Waals surface area contributed by atoms with Gasteiger partial charge < -0.3 is 14.2 Å². The van der Waals surface area contributed by atoms with Crippen LogP contribution in [0.1, 0.15) is 70.4 Å². The Morgan fingerprint density at radius 3 is 2.39 bits per heavy atom. The molecule has 2 atom stereocenters. The van der Waals surface area contributed by atoms with Crippen LogP contribution < -0.4 is 0 Å². The summed E-state index contributed by atoms with van der Waals surface area (Å²) < 4.78 is 45.8. The molecule has 0 radical (unpaired) electrons. The molecule has 0 aromatic carbocycles. The van der Waals surface area contributed by atoms with Crippen molar-refractivity contribution in [2.45, 2.75) is 77.7 Å². The van der Waals surface area contributed by atoms with Gasteiger partial charge in [0.15, 0.2) is 0 Å². The molecule has 8 heteroatoms. The van der Waals surface area contributed by atoms with Crippen LogP contribution in [0.4, 0.5) is 13.2 Å². The third kappa shape index (κ3) is 6.08. The standard InChI is InChI=1S/C28H41F3N4O/c1-6-9-10-26-32-24(20(8-3)15-25(19(4)7-2)36-28(29,30)31)18-35(26)27-22-16-21(17-23(22)27)34-13-11-33(5)12-14-34/h8,15,18,21-23,27H,4,6-7,9-14,16-17H2,1-3,5H3/b20-8+,25-15+. The van der Waals surface area contributed by atoms with Crippen molar-refractivity contribution in [1.29, 1.82) is 0 Å². The minimum atomic E-state index is -4.76. The number of ether oxygens (including phenoxy) is 1. The Morgan fingerprint density at radius 2 is 1.83 bits per heavy atom. The molecular weight excluding hydrogens is 465 g/mol. The number of imidazole rings is 1. The minimum absolute atomic E-state index is 0.249. The number of allylic oxidation sites excluding steroid dienone is 4. The van der Waals surface area contributed by atoms with Crippen LogP contribution in [0.2, 0.25) is 0 Å². The molecule has 1 aromatic heterocycles. The van der Waals surface area contributed by atoms with Gasteiger partial charge in [0, 0.05) is 56.5 Å². The van der Waals surface area contributed by atoms with Crippen LogP contribution in [0, 0.1) is 11.8 Å². The number of piperazine rings is 1. The third-order valence-corrected chi connectivity index (χ3v) is 8.21. The lowest BCUT2D eigenvalue weighted by Gasteiger charge is -2.37. The molecule has 3 fully saturated rings. The molecule has 36 heavy (non-hydrogen) atoms. The molecule has 5 nitrogen and oxygen atoms in total. The molecule has 4 rings (SSSR count). The van der Waals surface area contributed by atoms with E-state index in [1.165, 1.54) is 18.9 Å². The maximum absolute atomic E-state index is 13.0. The highest BCUT2D eigenvalue weighted by molar-refractivity contribution is 5.72. The van der Waals surface area contributed by atoms with E-state index in [2.05, 4.69) is 45.9 Å². The highest BCUT2D eigenvalue weighted by Gasteiger charge is 2.58. The van der Waals surface area contributed by atoms with Crippen LogP contribution in [0.15, 0.2) is 36.3 Å². The van der Waals surface area contributed by atoms with Crippen LogP contribution in [0.25, 0.3) is 5.57 Å². The molecule has 200 valence electrons. The number of aromatic nitrogens is 2. The molecule has 3 aliphatic rings. The Balaban J connectivity index is 1.53. The fourth-order valence-electron chi connectivity index (χ4n) is 5.97. The van der Waals surface area contributed by atoms with Crippen molar-refractivity contribution < 1.29 is 17.9 Å². The van der Waals surface area contributed by atoms with E-state index in [1.54, 1.807) is 13.0 Å². The lowest BCUT2D eigenvalue weighted by Crippen LogP contribution is -2.48. The summed E-state index contributed by atoms with van der Waals surface area (Å²) in [5.74, 6) is 2.14. The zero-order chi connectivity index (χ0) is 26.0. The second-order valence-electron chi connectivity index (χ2n) is 10.6. The Bertz CT molecular complexity index is 975. The first-order chi connectivity index (χ1) is 17.1. The van der Waals surface area contributed by atoms with Crippen molar-refractivity contribution in [2.75, 3.05) is 33.2 Å². The Kier molecular flexibility index (Phi) is 8.35. The predicted octanol–water partition coefficient (Wildman–Crippen LogP) is 6.21. The molecule has 0 amide bonds. The molecule has 1 aromatic rings. The van der Waals surface area contributed by atoms with Gasteiger partial charge in [-0.25, -0.2) is 4.98 Å². The van der Waals surface area contributed by atoms with E-state index < -0.39 is 6.36 Å². The summed E-state index contributed by atoms with van der Waals surface area (Å²) in [7, 11) is 2.19. The number of halogens is 3. The average molecular weight is 507 g/mol. The molecule has 0 N–H and O–H groups in total. The van der Waals surface area contributed by atoms with Crippen molar-refractivity contribution in [3.05, 3.63) is 47.8 Å². The number of hydrogen-bond acceptors (Lipinski definition) is 4. The van der Waals surface area contributed by atoms with E-state index in [9.17, 15) is 13.2 Å². The number of alkyl halides is 3. The number of unbranched alkanes of at least 4 members (excludes halogenated alkanes) is 1. The molecule has 0 bridgehead atoms. The number of fused-ring (bicyclic) bond motifs is 1. The van der Waals surface area contributed by atoms with E-state index in [0.29, 0.717) is 47.2 Å². The van der Waals surface area contributed by atoms with Gasteiger partial charge >= 0.3 is 6.36 Å². The summed E-state index contributed by atoms with van der Waals surface area (Å²) >= 11 is 0. The molecule has 1 aliphatic heterocycles. The molecule has 1 saturated heterocycles. The normalized spacial score (nSPS) is 27.9. The average Bonchev–Trinajstić information content (AvgIpc) is 3.16. The molecule has 2 heterocycles. The molecule has 2 saturated carbocycles. The second-order valence-corrected chi connectivity index (χ2v) is 10.6. The zero-order valence-electron chi connectivity index (χ0n) is 22.2. The molecule has 2 aliphatic carbocycles. The van der Waals surface area contributed by atoms with Gasteiger partial charge in [-0.2, -0.15) is 0 Å². The summed E-state index contributed by atoms with van der Waals surface area (Å²) in [6.07, 6.45) is 6.36. The molecule has 0 spiro atoms. The predicted molar refractivity (Wildman–Crippen MR) is 137 cm³/mol. The lowest BCUT2D eigenvalue weighted by molar-refractivity contribution is -0.304. The van der Waals surface area contributed by atoms with Crippen LogP contribution in [-0.2, 0) is 11.2 Å². The summed E-state index contributed by atoms with van der Waals surface area (Å²) in [6, 6.07) is 1.14. The van der Waals surface area contributed by atoms with Gasteiger partial charge in [0.2, 0.25) is 0 Å². The van der Waals surface area contributed by atoms with Crippen molar-refractivity contribution >= 4 is 5.57 Å². The van der Waals surface area contributed by atoms with E-state index in [-0.39, 0.29) is 5.76 Å². The van der Waals surface area contributed by atoms with Gasteiger partial charge in [0.05, 0.1) is 5.69 Å². The number of hydrogen-bond donors (Lipinski definition) is 0. The van der Waals surface area contributed by atoms with E-state index in [0.717, 1.165) is 51.3 Å². The van der Waals surface area contributed by atoms with Gasteiger partial charge in [-0.3, -0.25) is 4.90 Å². The third-order valence-electron chi connectivity index (χ3n) is 8.21. The van der Waals surface area contributed by atoms with Crippen molar-refractivity contribution in [1.82, 2.24) is 19.4 Å². The van der Waals surface area contributed by atoms with Crippen LogP contribution in [0.5, 0.6) is 0 Å². The summed E-state index contributed by atoms with van der Waals surface area (Å²) in [5.41, 5.74) is 1.64. The van der Waals surface area contributed by atoms with Gasteiger partial charge in [-0.05, 0) is 63.1 Å². The van der Waals surface area contributed by atoms with Gasteiger partial charge in [0.1, 0.15) is 11.6 Å². The van der Waals surface area contributed by atoms with Crippen LogP contribution in [-0.4, -0.2) is 65.0 Å². The van der Waals surface area contributed by atoms with E-state index >= 15 is 0 Å². The quantitative estimate of drug-likeness (QED) is 0.279. The highest BCUT2D eigenvalue weighted by Crippen LogP contribution is 2.62. The largest absolute Gasteiger partial charge is 0.573 e. The maximum atomic E-state index is 13.0. The Morgan fingerprint density at radius 1 is 1.17 bits per heavy atom. The number of nitrogens with zero attached hydrogens (tertiary/aromatic N) is 4. The summed E-state index contributed by atoms with van der Waals surface area (Å²) in [5, 5.41) is 0. The fraction of sp³-hybridized carbons (Fsp3) is 0.679. The lowest BCUT2D eigenvalue weighted by atomic mass is 10.1. The first-order valence-electron chi connectivity index (χ1n) is 13.5. The number of rotatable bonds is 10. The first kappa shape index (κ1) is 27.0. The van der Waals surface area contributed by atoms with Gasteiger partial charge in [-0.15, -0.1) is 13.2 Å². The number of aryl methyl sites for hydroxylation is 1. The Labute approximate surface area is 213 Å². The topological polar surface area (TPSA) is 33.5 Å². The second kappa shape index (κ2) is 11.1. The van der Waals surface area contributed by atoms with Crippen LogP contribution >= 0.6 is 0 Å². The van der Waals surface area contributed by atoms with Crippen molar-refractivity contribution in [2.24, 2.45) is 11.8 Å². The van der Waals surface area contributed by atoms with E-state index in [4.69, 9.17) is 4.98 Å².